The van der Waals surface area contributed by atoms with Crippen LogP contribution < -0.4 is 10.3 Å². The van der Waals surface area contributed by atoms with Gasteiger partial charge in [-0.15, -0.1) is 0 Å². The number of rotatable bonds is 8. The van der Waals surface area contributed by atoms with Gasteiger partial charge in [0.1, 0.15) is 5.75 Å². The second-order valence-electron chi connectivity index (χ2n) is 7.73. The Balaban J connectivity index is 1.88. The third-order valence-electron chi connectivity index (χ3n) is 4.68. The summed E-state index contributed by atoms with van der Waals surface area (Å²) < 4.78 is 46.2. The molecule has 2 heterocycles. The van der Waals surface area contributed by atoms with E-state index in [-0.39, 0.29) is 34.7 Å². The van der Waals surface area contributed by atoms with Crippen LogP contribution in [0.5, 0.6) is 5.75 Å². The van der Waals surface area contributed by atoms with Gasteiger partial charge in [0.25, 0.3) is 5.56 Å². The van der Waals surface area contributed by atoms with Gasteiger partial charge in [0.2, 0.25) is 0 Å². The molecule has 0 bridgehead atoms. The molecule has 0 fully saturated rings. The van der Waals surface area contributed by atoms with Gasteiger partial charge in [-0.1, -0.05) is 11.6 Å². The number of carbonyl (C=O) groups excluding carboxylic acids is 1. The largest absolute Gasteiger partial charge is 0.452 e. The summed E-state index contributed by atoms with van der Waals surface area (Å²) in [6.07, 6.45) is -1.21. The van der Waals surface area contributed by atoms with Crippen molar-refractivity contribution in [2.75, 3.05) is 7.05 Å². The first-order valence-electron chi connectivity index (χ1n) is 10.4. The molecule has 13 heteroatoms. The number of aromatic nitrogens is 3. The second-order valence-corrected chi connectivity index (χ2v) is 8.17. The SMILES string of the molecule is Cc1cncc(-c2cc(CN(C)C=N/C(=C(\C=O)Oc3cc(Cl)cc(C#N)c3)C(F)(F)F)n[nH]c2=O)c1. The van der Waals surface area contributed by atoms with Crippen molar-refractivity contribution in [2.45, 2.75) is 19.6 Å². The lowest BCUT2D eigenvalue weighted by atomic mass is 10.1. The number of allylic oxidation sites excluding steroid dienone is 2. The Morgan fingerprint density at radius 1 is 1.27 bits per heavy atom. The summed E-state index contributed by atoms with van der Waals surface area (Å²) in [7, 11) is 1.43. The van der Waals surface area contributed by atoms with Crippen molar-refractivity contribution in [2.24, 2.45) is 4.99 Å². The van der Waals surface area contributed by atoms with Crippen molar-refractivity contribution >= 4 is 24.2 Å². The van der Waals surface area contributed by atoms with Gasteiger partial charge in [0, 0.05) is 30.0 Å². The van der Waals surface area contributed by atoms with Crippen LogP contribution in [0.25, 0.3) is 11.1 Å². The molecule has 0 saturated carbocycles. The number of aldehydes is 1. The summed E-state index contributed by atoms with van der Waals surface area (Å²) >= 11 is 5.85. The molecule has 9 nitrogen and oxygen atoms in total. The standard InChI is InChI=1S/C24H18ClF3N6O3/c1-14-3-16(10-30-9-14)20-7-18(32-33-23(20)36)11-34(2)13-31-22(24(26,27)28)21(12-35)37-19-5-15(8-29)4-17(25)6-19/h3-7,9-10,12-13H,11H2,1-2H3,(H,33,36)/b22-21+,31-13?. The lowest BCUT2D eigenvalue weighted by Crippen LogP contribution is -2.22. The van der Waals surface area contributed by atoms with Crippen molar-refractivity contribution in [1.29, 1.82) is 5.26 Å². The monoisotopic (exact) mass is 530 g/mol. The second kappa shape index (κ2) is 11.5. The number of nitrogens with zero attached hydrogens (tertiary/aromatic N) is 5. The lowest BCUT2D eigenvalue weighted by Gasteiger charge is -2.15. The molecule has 0 aliphatic carbocycles. The van der Waals surface area contributed by atoms with Crippen LogP contribution in [0.4, 0.5) is 13.2 Å². The minimum Gasteiger partial charge on any atom is -0.452 e. The maximum Gasteiger partial charge on any atom is 0.437 e. The molecule has 190 valence electrons. The smallest absolute Gasteiger partial charge is 0.437 e. The summed E-state index contributed by atoms with van der Waals surface area (Å²) in [6.45, 7) is 1.78. The van der Waals surface area contributed by atoms with Crippen LogP contribution in [-0.2, 0) is 11.3 Å². The topological polar surface area (TPSA) is 124 Å². The first kappa shape index (κ1) is 27.1. The van der Waals surface area contributed by atoms with Crippen molar-refractivity contribution in [3.63, 3.8) is 0 Å². The van der Waals surface area contributed by atoms with Gasteiger partial charge in [-0.3, -0.25) is 14.6 Å². The number of halogens is 4. The average Bonchev–Trinajstić information content (AvgIpc) is 2.83. The first-order valence-corrected chi connectivity index (χ1v) is 10.8. The summed E-state index contributed by atoms with van der Waals surface area (Å²) in [6, 6.07) is 8.59. The van der Waals surface area contributed by atoms with E-state index in [2.05, 4.69) is 20.2 Å². The van der Waals surface area contributed by atoms with Crippen LogP contribution in [0.15, 0.2) is 64.0 Å². The number of H-pyrrole nitrogens is 1. The summed E-state index contributed by atoms with van der Waals surface area (Å²) in [5.74, 6) is -1.37. The highest BCUT2D eigenvalue weighted by molar-refractivity contribution is 6.30. The van der Waals surface area contributed by atoms with Crippen LogP contribution in [0.2, 0.25) is 5.02 Å². The van der Waals surface area contributed by atoms with E-state index in [0.29, 0.717) is 11.3 Å². The number of aromatic amines is 1. The molecule has 37 heavy (non-hydrogen) atoms. The molecule has 0 amide bonds. The zero-order valence-electron chi connectivity index (χ0n) is 19.4. The van der Waals surface area contributed by atoms with E-state index in [1.165, 1.54) is 30.3 Å². The highest BCUT2D eigenvalue weighted by atomic mass is 35.5. The number of benzene rings is 1. The van der Waals surface area contributed by atoms with Crippen LogP contribution in [0, 0.1) is 18.3 Å². The number of alkyl halides is 3. The Hall–Kier alpha value is -4.50. The first-order chi connectivity index (χ1) is 17.5. The summed E-state index contributed by atoms with van der Waals surface area (Å²) in [5.41, 5.74) is -0.0250. The van der Waals surface area contributed by atoms with Crippen molar-refractivity contribution in [3.8, 4) is 22.9 Å². The zero-order chi connectivity index (χ0) is 27.2. The average molecular weight is 531 g/mol. The van der Waals surface area contributed by atoms with Gasteiger partial charge in [0.05, 0.1) is 35.8 Å². The normalized spacial score (nSPS) is 12.1. The molecule has 1 aromatic carbocycles. The number of aryl methyl sites for hydroxylation is 1. The third-order valence-corrected chi connectivity index (χ3v) is 4.89. The van der Waals surface area contributed by atoms with E-state index >= 15 is 0 Å². The zero-order valence-corrected chi connectivity index (χ0v) is 20.1. The molecular weight excluding hydrogens is 513 g/mol. The van der Waals surface area contributed by atoms with E-state index in [1.807, 2.05) is 6.92 Å². The number of carbonyl (C=O) groups is 1. The fourth-order valence-corrected chi connectivity index (χ4v) is 3.34. The summed E-state index contributed by atoms with van der Waals surface area (Å²) in [5, 5.41) is 15.3. The molecule has 0 saturated heterocycles. The Kier molecular flexibility index (Phi) is 8.41. The molecule has 0 atom stereocenters. The Morgan fingerprint density at radius 3 is 2.68 bits per heavy atom. The lowest BCUT2D eigenvalue weighted by molar-refractivity contribution is -0.110. The predicted octanol–water partition coefficient (Wildman–Crippen LogP) is 4.18. The number of pyridine rings is 1. The van der Waals surface area contributed by atoms with Gasteiger partial charge in [-0.2, -0.15) is 23.5 Å². The molecule has 3 rings (SSSR count). The van der Waals surface area contributed by atoms with Gasteiger partial charge in [-0.25, -0.2) is 10.1 Å². The summed E-state index contributed by atoms with van der Waals surface area (Å²) in [4.78, 5) is 32.4. The maximum atomic E-state index is 13.7. The fourth-order valence-electron chi connectivity index (χ4n) is 3.12. The van der Waals surface area contributed by atoms with Crippen LogP contribution in [-0.4, -0.2) is 45.9 Å². The fraction of sp³-hybridized carbons (Fsp3) is 0.167. The molecule has 3 aromatic rings. The van der Waals surface area contributed by atoms with Crippen LogP contribution >= 0.6 is 11.6 Å². The number of nitriles is 1. The van der Waals surface area contributed by atoms with E-state index in [1.54, 1.807) is 18.3 Å². The molecule has 0 aliphatic heterocycles. The maximum absolute atomic E-state index is 13.7. The van der Waals surface area contributed by atoms with Crippen molar-refractivity contribution in [1.82, 2.24) is 20.1 Å². The number of ether oxygens (including phenoxy) is 1. The Morgan fingerprint density at radius 2 is 2.03 bits per heavy atom. The number of nitrogens with one attached hydrogen (secondary N) is 1. The van der Waals surface area contributed by atoms with Crippen molar-refractivity contribution in [3.05, 3.63) is 86.4 Å². The van der Waals surface area contributed by atoms with Gasteiger partial charge < -0.3 is 9.64 Å². The Labute approximate surface area is 213 Å². The molecule has 2 aromatic heterocycles. The minimum atomic E-state index is -5.05. The van der Waals surface area contributed by atoms with Crippen LogP contribution in [0.3, 0.4) is 0 Å². The molecule has 1 N–H and O–H groups in total. The molecule has 0 spiro atoms. The van der Waals surface area contributed by atoms with E-state index in [9.17, 15) is 22.8 Å². The number of aliphatic imine (C=N–C) groups is 1. The van der Waals surface area contributed by atoms with Crippen LogP contribution in [0.1, 0.15) is 16.8 Å². The molecule has 0 aliphatic rings. The van der Waals surface area contributed by atoms with E-state index in [0.717, 1.165) is 24.0 Å². The molecule has 0 unspecified atom stereocenters. The van der Waals surface area contributed by atoms with Gasteiger partial charge in [0.15, 0.2) is 17.7 Å². The number of hydrogen-bond donors (Lipinski definition) is 1. The van der Waals surface area contributed by atoms with Gasteiger partial charge in [-0.05, 0) is 42.8 Å². The van der Waals surface area contributed by atoms with E-state index in [4.69, 9.17) is 21.6 Å². The highest BCUT2D eigenvalue weighted by Crippen LogP contribution is 2.31. The molecular formula is C24H18ClF3N6O3. The predicted molar refractivity (Wildman–Crippen MR) is 129 cm³/mol. The number of hydrogen-bond acceptors (Lipinski definition) is 7. The highest BCUT2D eigenvalue weighted by Gasteiger charge is 2.38. The van der Waals surface area contributed by atoms with Gasteiger partial charge >= 0.3 is 6.18 Å². The van der Waals surface area contributed by atoms with Crippen molar-refractivity contribution < 1.29 is 22.7 Å². The minimum absolute atomic E-state index is 0.0266. The Bertz CT molecular complexity index is 1480. The quantitative estimate of drug-likeness (QED) is 0.152. The van der Waals surface area contributed by atoms with E-state index < -0.39 is 23.2 Å². The third kappa shape index (κ3) is 7.25. The molecule has 0 radical (unpaired) electrons.